The fraction of sp³-hybridized carbons (Fsp3) is 0.176. The van der Waals surface area contributed by atoms with Crippen molar-refractivity contribution < 1.29 is 0 Å². The van der Waals surface area contributed by atoms with E-state index in [-0.39, 0.29) is 10.8 Å². The number of rotatable bonds is 4. The van der Waals surface area contributed by atoms with Gasteiger partial charge in [-0.3, -0.25) is 0 Å². The highest BCUT2D eigenvalue weighted by Gasteiger charge is 2.37. The normalized spacial score (nSPS) is 16.2. The fourth-order valence-corrected chi connectivity index (χ4v) is 9.45. The summed E-state index contributed by atoms with van der Waals surface area (Å²) in [6.45, 7) is 10.5. The van der Waals surface area contributed by atoms with Crippen LogP contribution in [0, 0.1) is 0 Å². The molecule has 53 heavy (non-hydrogen) atoms. The van der Waals surface area contributed by atoms with Crippen LogP contribution in [0.1, 0.15) is 73.1 Å². The Balaban J connectivity index is 0.934. The maximum absolute atomic E-state index is 2.52. The van der Waals surface area contributed by atoms with E-state index in [4.69, 9.17) is 0 Å². The average molecular weight is 685 g/mol. The van der Waals surface area contributed by atoms with E-state index in [1.807, 2.05) is 0 Å². The lowest BCUT2D eigenvalue weighted by atomic mass is 9.73. The first kappa shape index (κ1) is 31.8. The second kappa shape index (κ2) is 11.8. The Hall–Kier alpha value is -5.86. The predicted molar refractivity (Wildman–Crippen MR) is 225 cm³/mol. The van der Waals surface area contributed by atoms with Crippen molar-refractivity contribution in [3.8, 4) is 11.1 Å². The Kier molecular flexibility index (Phi) is 7.11. The summed E-state index contributed by atoms with van der Waals surface area (Å²) in [5, 5.41) is 2.48. The Morgan fingerprint density at radius 2 is 1.02 bits per heavy atom. The van der Waals surface area contributed by atoms with Crippen molar-refractivity contribution in [2.75, 3.05) is 16.3 Å². The van der Waals surface area contributed by atoms with Crippen LogP contribution >= 0.6 is 0 Å². The van der Waals surface area contributed by atoms with Gasteiger partial charge < -0.3 is 9.80 Å². The third kappa shape index (κ3) is 5.00. The van der Waals surface area contributed by atoms with Gasteiger partial charge in [-0.25, -0.2) is 0 Å². The molecule has 2 heteroatoms. The van der Waals surface area contributed by atoms with Gasteiger partial charge in [-0.2, -0.15) is 0 Å². The highest BCUT2D eigenvalue weighted by Crippen LogP contribution is 2.53. The summed E-state index contributed by atoms with van der Waals surface area (Å²) in [7, 11) is 0. The summed E-state index contributed by atoms with van der Waals surface area (Å²) in [5.41, 5.74) is 18.3. The lowest BCUT2D eigenvalue weighted by Crippen LogP contribution is -2.30. The molecule has 0 N–H and O–H groups in total. The summed E-state index contributed by atoms with van der Waals surface area (Å²) in [4.78, 5) is 4.95. The molecule has 2 nitrogen and oxygen atoms in total. The minimum Gasteiger partial charge on any atom is -0.341 e. The van der Waals surface area contributed by atoms with Gasteiger partial charge in [0.15, 0.2) is 0 Å². The molecule has 0 aromatic heterocycles. The van der Waals surface area contributed by atoms with Crippen LogP contribution < -0.4 is 9.80 Å². The first-order valence-corrected chi connectivity index (χ1v) is 19.1. The van der Waals surface area contributed by atoms with Crippen LogP contribution in [0.4, 0.5) is 28.4 Å². The van der Waals surface area contributed by atoms with E-state index < -0.39 is 0 Å². The molecule has 2 heterocycles. The molecule has 10 rings (SSSR count). The summed E-state index contributed by atoms with van der Waals surface area (Å²) in [6.07, 6.45) is 6.88. The van der Waals surface area contributed by atoms with Gasteiger partial charge in [0.25, 0.3) is 0 Å². The summed E-state index contributed by atoms with van der Waals surface area (Å²) in [5.74, 6) is 0. The maximum atomic E-state index is 2.52. The molecule has 0 saturated heterocycles. The molecule has 0 bridgehead atoms. The van der Waals surface area contributed by atoms with Gasteiger partial charge >= 0.3 is 0 Å². The minimum absolute atomic E-state index is 0.0652. The van der Waals surface area contributed by atoms with E-state index in [1.165, 1.54) is 95.7 Å². The highest BCUT2D eigenvalue weighted by molar-refractivity contribution is 5.93. The molecule has 3 aliphatic rings. The molecule has 7 aromatic rings. The number of anilines is 5. The van der Waals surface area contributed by atoms with E-state index in [9.17, 15) is 0 Å². The predicted octanol–water partition coefficient (Wildman–Crippen LogP) is 13.5. The average Bonchev–Trinajstić information content (AvgIpc) is 3.41. The molecule has 2 aliphatic heterocycles. The molecule has 0 atom stereocenters. The van der Waals surface area contributed by atoms with Gasteiger partial charge in [0, 0.05) is 34.4 Å². The number of fused-ring (bicyclic) bond motifs is 7. The topological polar surface area (TPSA) is 6.48 Å². The molecule has 0 fully saturated rings. The quantitative estimate of drug-likeness (QED) is 0.170. The van der Waals surface area contributed by atoms with E-state index in [2.05, 4.69) is 195 Å². The lowest BCUT2D eigenvalue weighted by Gasteiger charge is -2.42. The molecule has 0 spiro atoms. The Labute approximate surface area is 313 Å². The van der Waals surface area contributed by atoms with Crippen LogP contribution in [0.2, 0.25) is 0 Å². The highest BCUT2D eigenvalue weighted by atomic mass is 15.2. The first-order chi connectivity index (χ1) is 25.8. The van der Waals surface area contributed by atoms with Crippen molar-refractivity contribution in [1.82, 2.24) is 0 Å². The van der Waals surface area contributed by atoms with Gasteiger partial charge in [-0.1, -0.05) is 137 Å². The van der Waals surface area contributed by atoms with Gasteiger partial charge in [-0.15, -0.1) is 0 Å². The second-order valence-corrected chi connectivity index (χ2v) is 16.2. The third-order valence-electron chi connectivity index (χ3n) is 12.3. The zero-order valence-electron chi connectivity index (χ0n) is 31.0. The second-order valence-electron chi connectivity index (χ2n) is 16.2. The molecule has 258 valence electrons. The third-order valence-corrected chi connectivity index (χ3v) is 12.3. The zero-order valence-corrected chi connectivity index (χ0v) is 31.0. The van der Waals surface area contributed by atoms with Crippen LogP contribution in [0.5, 0.6) is 0 Å². The number of aryl methyl sites for hydroxylation is 1. The fourth-order valence-electron chi connectivity index (χ4n) is 9.45. The van der Waals surface area contributed by atoms with Crippen LogP contribution in [-0.2, 0) is 17.3 Å². The van der Waals surface area contributed by atoms with E-state index in [0.29, 0.717) is 0 Å². The molecule has 7 aromatic carbocycles. The van der Waals surface area contributed by atoms with Crippen molar-refractivity contribution in [3.63, 3.8) is 0 Å². The van der Waals surface area contributed by atoms with Gasteiger partial charge in [0.1, 0.15) is 0 Å². The molecule has 0 saturated carbocycles. The van der Waals surface area contributed by atoms with Crippen LogP contribution in [-0.4, -0.2) is 6.54 Å². The van der Waals surface area contributed by atoms with Crippen molar-refractivity contribution in [3.05, 3.63) is 185 Å². The molecular formula is C51H44N2. The smallest absolute Gasteiger partial charge is 0.0502 e. The Bertz CT molecular complexity index is 2570. The summed E-state index contributed by atoms with van der Waals surface area (Å²) in [6, 6.07) is 54.5. The number of nitrogens with zero attached hydrogens (tertiary/aromatic N) is 2. The lowest BCUT2D eigenvalue weighted by molar-refractivity contribution is 0.632. The monoisotopic (exact) mass is 684 g/mol. The maximum Gasteiger partial charge on any atom is 0.0502 e. The van der Waals surface area contributed by atoms with Crippen molar-refractivity contribution in [2.45, 2.75) is 51.4 Å². The van der Waals surface area contributed by atoms with E-state index >= 15 is 0 Å². The molecule has 1 aliphatic carbocycles. The zero-order chi connectivity index (χ0) is 35.9. The number of hydrogen-bond acceptors (Lipinski definition) is 2. The number of benzene rings is 7. The van der Waals surface area contributed by atoms with Gasteiger partial charge in [0.05, 0.1) is 11.4 Å². The summed E-state index contributed by atoms with van der Waals surface area (Å²) < 4.78 is 0. The van der Waals surface area contributed by atoms with Crippen molar-refractivity contribution in [2.24, 2.45) is 0 Å². The molecular weight excluding hydrogens is 641 g/mol. The van der Waals surface area contributed by atoms with Gasteiger partial charge in [-0.05, 0) is 122 Å². The molecule has 0 unspecified atom stereocenters. The van der Waals surface area contributed by atoms with Crippen LogP contribution in [0.15, 0.2) is 146 Å². The van der Waals surface area contributed by atoms with Crippen LogP contribution in [0.25, 0.3) is 34.1 Å². The first-order valence-electron chi connectivity index (χ1n) is 19.1. The van der Waals surface area contributed by atoms with E-state index in [0.717, 1.165) is 13.0 Å². The molecule has 0 amide bonds. The summed E-state index contributed by atoms with van der Waals surface area (Å²) >= 11 is 0. The Morgan fingerprint density at radius 1 is 0.472 bits per heavy atom. The number of para-hydroxylation sites is 3. The van der Waals surface area contributed by atoms with Crippen LogP contribution in [0.3, 0.4) is 0 Å². The van der Waals surface area contributed by atoms with E-state index in [1.54, 1.807) is 0 Å². The van der Waals surface area contributed by atoms with Crippen molar-refractivity contribution in [1.29, 1.82) is 0 Å². The largest absolute Gasteiger partial charge is 0.341 e. The minimum atomic E-state index is -0.0778. The standard InChI is InChI=1S/C51H44N2/c1-50(2)43-14-6-9-17-48(43)53(49-18-10-7-15-44(49)50)40-25-24-37-30-34(21-23-38(37)32-40)19-20-35-22-27-41-42-28-26-39(33-46(42)51(3,4)45(41)31-35)52-29-11-13-36-12-5-8-16-47(36)52/h5-10,12,14-28,30-33H,11,13,29H2,1-4H3. The number of hydrogen-bond donors (Lipinski definition) is 0. The SMILES string of the molecule is CC1(C)c2cc(C=Cc3ccc4cc(N5c6ccccc6C(C)(C)c6ccccc65)ccc4c3)ccc2-c2ccc(N3CCCc4ccccc43)cc21. The Morgan fingerprint density at radius 3 is 1.77 bits per heavy atom. The van der Waals surface area contributed by atoms with Gasteiger partial charge in [0.2, 0.25) is 0 Å². The molecule has 0 radical (unpaired) electrons. The van der Waals surface area contributed by atoms with Crippen molar-refractivity contribution >= 4 is 51.4 Å².